The topological polar surface area (TPSA) is 20.3 Å². The number of aryl methyl sites for hydroxylation is 1. The van der Waals surface area contributed by atoms with E-state index in [-0.39, 0.29) is 11.3 Å². The molecule has 1 aromatic carbocycles. The monoisotopic (exact) mass is 315 g/mol. The Kier molecular flexibility index (Phi) is 4.10. The quantitative estimate of drug-likeness (QED) is 0.725. The highest BCUT2D eigenvalue weighted by Crippen LogP contribution is 2.21. The third-order valence-corrected chi connectivity index (χ3v) is 3.92. The predicted molar refractivity (Wildman–Crippen MR) is 73.7 cm³/mol. The SMILES string of the molecule is Cc1cc(Br)ccc1C(=O)N1CCCC(Cl)C1. The fourth-order valence-corrected chi connectivity index (χ4v) is 2.94. The standard InChI is InChI=1S/C13H15BrClNO/c1-9-7-10(14)4-5-12(9)13(17)16-6-2-3-11(15)8-16/h4-5,7,11H,2-3,6,8H2,1H3. The van der Waals surface area contributed by atoms with Crippen molar-refractivity contribution in [1.29, 1.82) is 0 Å². The zero-order valence-corrected chi connectivity index (χ0v) is 12.1. The summed E-state index contributed by atoms with van der Waals surface area (Å²) in [6.07, 6.45) is 2.00. The molecular formula is C13H15BrClNO. The van der Waals surface area contributed by atoms with Gasteiger partial charge in [-0.05, 0) is 43.5 Å². The van der Waals surface area contributed by atoms with E-state index in [1.807, 2.05) is 30.0 Å². The zero-order valence-electron chi connectivity index (χ0n) is 9.75. The maximum atomic E-state index is 12.3. The van der Waals surface area contributed by atoms with E-state index in [4.69, 9.17) is 11.6 Å². The van der Waals surface area contributed by atoms with Gasteiger partial charge in [-0.1, -0.05) is 15.9 Å². The second-order valence-corrected chi connectivity index (χ2v) is 5.98. The van der Waals surface area contributed by atoms with Gasteiger partial charge in [0.25, 0.3) is 5.91 Å². The van der Waals surface area contributed by atoms with Gasteiger partial charge in [0, 0.05) is 23.1 Å². The molecule has 1 unspecified atom stereocenters. The lowest BCUT2D eigenvalue weighted by atomic mass is 10.1. The van der Waals surface area contributed by atoms with Crippen molar-refractivity contribution >= 4 is 33.4 Å². The van der Waals surface area contributed by atoms with Gasteiger partial charge in [-0.2, -0.15) is 0 Å². The van der Waals surface area contributed by atoms with Crippen LogP contribution in [0.3, 0.4) is 0 Å². The minimum atomic E-state index is 0.0975. The zero-order chi connectivity index (χ0) is 12.4. The van der Waals surface area contributed by atoms with Crippen LogP contribution in [-0.4, -0.2) is 29.3 Å². The molecule has 1 saturated heterocycles. The third-order valence-electron chi connectivity index (χ3n) is 3.07. The Balaban J connectivity index is 2.18. The van der Waals surface area contributed by atoms with E-state index >= 15 is 0 Å². The first kappa shape index (κ1) is 12.9. The summed E-state index contributed by atoms with van der Waals surface area (Å²) in [4.78, 5) is 14.2. The van der Waals surface area contributed by atoms with Crippen LogP contribution in [0, 0.1) is 6.92 Å². The third kappa shape index (κ3) is 3.02. The molecule has 0 bridgehead atoms. The summed E-state index contributed by atoms with van der Waals surface area (Å²) in [7, 11) is 0. The van der Waals surface area contributed by atoms with Crippen LogP contribution < -0.4 is 0 Å². The van der Waals surface area contributed by atoms with Crippen molar-refractivity contribution in [2.24, 2.45) is 0 Å². The van der Waals surface area contributed by atoms with Gasteiger partial charge >= 0.3 is 0 Å². The summed E-state index contributed by atoms with van der Waals surface area (Å²) in [5, 5.41) is 0.100. The Morgan fingerprint density at radius 2 is 2.29 bits per heavy atom. The fraction of sp³-hybridized carbons (Fsp3) is 0.462. The number of amides is 1. The smallest absolute Gasteiger partial charge is 0.254 e. The molecule has 0 N–H and O–H groups in total. The lowest BCUT2D eigenvalue weighted by Gasteiger charge is -2.30. The van der Waals surface area contributed by atoms with E-state index in [1.165, 1.54) is 0 Å². The first-order valence-corrected chi connectivity index (χ1v) is 7.00. The molecule has 92 valence electrons. The van der Waals surface area contributed by atoms with Crippen LogP contribution in [0.5, 0.6) is 0 Å². The largest absolute Gasteiger partial charge is 0.337 e. The molecule has 17 heavy (non-hydrogen) atoms. The Morgan fingerprint density at radius 1 is 1.53 bits per heavy atom. The van der Waals surface area contributed by atoms with E-state index in [0.717, 1.165) is 35.0 Å². The molecule has 2 rings (SSSR count). The summed E-state index contributed by atoms with van der Waals surface area (Å²) in [5.41, 5.74) is 1.78. The summed E-state index contributed by atoms with van der Waals surface area (Å²) in [6.45, 7) is 3.44. The van der Waals surface area contributed by atoms with Crippen LogP contribution in [0.15, 0.2) is 22.7 Å². The molecule has 0 spiro atoms. The Labute approximate surface area is 115 Å². The van der Waals surface area contributed by atoms with Gasteiger partial charge in [0.1, 0.15) is 0 Å². The van der Waals surface area contributed by atoms with Crippen molar-refractivity contribution in [3.63, 3.8) is 0 Å². The maximum Gasteiger partial charge on any atom is 0.254 e. The second kappa shape index (κ2) is 5.40. The summed E-state index contributed by atoms with van der Waals surface area (Å²) >= 11 is 9.51. The van der Waals surface area contributed by atoms with E-state index in [9.17, 15) is 4.79 Å². The number of hydrogen-bond donors (Lipinski definition) is 0. The highest BCUT2D eigenvalue weighted by Gasteiger charge is 2.23. The Bertz CT molecular complexity index is 435. The first-order chi connectivity index (χ1) is 8.08. The van der Waals surface area contributed by atoms with Crippen LogP contribution in [0.4, 0.5) is 0 Å². The molecule has 1 fully saturated rings. The van der Waals surface area contributed by atoms with E-state index in [0.29, 0.717) is 6.54 Å². The molecule has 0 aliphatic carbocycles. The van der Waals surface area contributed by atoms with Gasteiger partial charge in [0.2, 0.25) is 0 Å². The van der Waals surface area contributed by atoms with Gasteiger partial charge in [0.05, 0.1) is 5.38 Å². The number of carbonyl (C=O) groups excluding carboxylic acids is 1. The van der Waals surface area contributed by atoms with Crippen molar-refractivity contribution in [2.45, 2.75) is 25.1 Å². The number of rotatable bonds is 1. The number of nitrogens with zero attached hydrogens (tertiary/aromatic N) is 1. The molecule has 0 aromatic heterocycles. The highest BCUT2D eigenvalue weighted by molar-refractivity contribution is 9.10. The number of likely N-dealkylation sites (tertiary alicyclic amines) is 1. The van der Waals surface area contributed by atoms with Crippen LogP contribution in [0.25, 0.3) is 0 Å². The average Bonchev–Trinajstić information content (AvgIpc) is 2.28. The minimum Gasteiger partial charge on any atom is -0.337 e. The summed E-state index contributed by atoms with van der Waals surface area (Å²) < 4.78 is 1.00. The maximum absolute atomic E-state index is 12.3. The second-order valence-electron chi connectivity index (χ2n) is 4.45. The molecule has 1 atom stereocenters. The molecule has 0 radical (unpaired) electrons. The predicted octanol–water partition coefficient (Wildman–Crippen LogP) is 3.60. The van der Waals surface area contributed by atoms with Crippen molar-refractivity contribution in [2.75, 3.05) is 13.1 Å². The van der Waals surface area contributed by atoms with Crippen LogP contribution in [0.1, 0.15) is 28.8 Å². The van der Waals surface area contributed by atoms with Gasteiger partial charge in [-0.3, -0.25) is 4.79 Å². The van der Waals surface area contributed by atoms with Gasteiger partial charge in [0.15, 0.2) is 0 Å². The van der Waals surface area contributed by atoms with Crippen LogP contribution in [0.2, 0.25) is 0 Å². The lowest BCUT2D eigenvalue weighted by molar-refractivity contribution is 0.0726. The molecule has 2 nitrogen and oxygen atoms in total. The Hall–Kier alpha value is -0.540. The van der Waals surface area contributed by atoms with Crippen molar-refractivity contribution < 1.29 is 4.79 Å². The molecule has 4 heteroatoms. The molecule has 1 aromatic rings. The van der Waals surface area contributed by atoms with Gasteiger partial charge < -0.3 is 4.90 Å². The van der Waals surface area contributed by atoms with Crippen molar-refractivity contribution in [3.8, 4) is 0 Å². The number of hydrogen-bond acceptors (Lipinski definition) is 1. The molecule has 1 amide bonds. The van der Waals surface area contributed by atoms with Gasteiger partial charge in [-0.25, -0.2) is 0 Å². The highest BCUT2D eigenvalue weighted by atomic mass is 79.9. The Morgan fingerprint density at radius 3 is 2.94 bits per heavy atom. The average molecular weight is 317 g/mol. The number of carbonyl (C=O) groups is 1. The number of alkyl halides is 1. The summed E-state index contributed by atoms with van der Waals surface area (Å²) in [5.74, 6) is 0.0975. The van der Waals surface area contributed by atoms with Crippen molar-refractivity contribution in [3.05, 3.63) is 33.8 Å². The van der Waals surface area contributed by atoms with Crippen LogP contribution in [-0.2, 0) is 0 Å². The van der Waals surface area contributed by atoms with E-state index in [2.05, 4.69) is 15.9 Å². The molecule has 1 aliphatic heterocycles. The number of piperidine rings is 1. The fourth-order valence-electron chi connectivity index (χ4n) is 2.15. The number of halogens is 2. The first-order valence-electron chi connectivity index (χ1n) is 5.77. The molecular weight excluding hydrogens is 302 g/mol. The van der Waals surface area contributed by atoms with E-state index < -0.39 is 0 Å². The van der Waals surface area contributed by atoms with Crippen molar-refractivity contribution in [1.82, 2.24) is 4.90 Å². The molecule has 1 aliphatic rings. The lowest BCUT2D eigenvalue weighted by Crippen LogP contribution is -2.40. The van der Waals surface area contributed by atoms with Gasteiger partial charge in [-0.15, -0.1) is 11.6 Å². The number of benzene rings is 1. The minimum absolute atomic E-state index is 0.0975. The normalized spacial score (nSPS) is 20.4. The molecule has 0 saturated carbocycles. The van der Waals surface area contributed by atoms with E-state index in [1.54, 1.807) is 0 Å². The molecule has 1 heterocycles. The van der Waals surface area contributed by atoms with Crippen LogP contribution >= 0.6 is 27.5 Å². The summed E-state index contributed by atoms with van der Waals surface area (Å²) in [6, 6.07) is 5.75.